The normalized spacial score (nSPS) is 11.2. The number of halogens is 2. The van der Waals surface area contributed by atoms with Crippen LogP contribution in [0.25, 0.3) is 10.2 Å². The van der Waals surface area contributed by atoms with Crippen LogP contribution in [0.2, 0.25) is 0 Å². The lowest BCUT2D eigenvalue weighted by atomic mass is 10.1. The van der Waals surface area contributed by atoms with Gasteiger partial charge in [0, 0.05) is 6.07 Å². The number of carbonyl (C=O) groups is 1. The summed E-state index contributed by atoms with van der Waals surface area (Å²) in [7, 11) is 5.56. The summed E-state index contributed by atoms with van der Waals surface area (Å²) in [5.41, 5.74) is 0.923. The zero-order chi connectivity index (χ0) is 20.3. The molecule has 0 saturated heterocycles. The predicted molar refractivity (Wildman–Crippen MR) is 106 cm³/mol. The number of nitrogens with zero attached hydrogens (tertiary/aromatic N) is 2. The zero-order valence-corrected chi connectivity index (χ0v) is 16.8. The van der Waals surface area contributed by atoms with Crippen molar-refractivity contribution in [3.63, 3.8) is 0 Å². The molecule has 3 aromatic rings. The monoisotopic (exact) mass is 406 g/mol. The van der Waals surface area contributed by atoms with Crippen molar-refractivity contribution in [2.45, 2.75) is 6.42 Å². The minimum Gasteiger partial charge on any atom is -0.497 e. The number of methoxy groups -OCH3 is 1. The molecule has 1 heterocycles. The average Bonchev–Trinajstić information content (AvgIpc) is 3.06. The Hall–Kier alpha value is -2.58. The number of aromatic nitrogens is 1. The molecule has 0 spiro atoms. The highest BCUT2D eigenvalue weighted by Gasteiger charge is 2.22. The molecular weight excluding hydrogens is 384 g/mol. The molecule has 0 atom stereocenters. The number of likely N-dealkylation sites (N-methyl/N-ethyl adjacent to an activating group) is 1. The lowest BCUT2D eigenvalue weighted by Gasteiger charge is -2.20. The molecule has 0 aliphatic carbocycles. The van der Waals surface area contributed by atoms with E-state index < -0.39 is 11.6 Å². The number of thiazole rings is 1. The fourth-order valence-electron chi connectivity index (χ4n) is 2.74. The van der Waals surface area contributed by atoms with Gasteiger partial charge < -0.3 is 9.64 Å². The van der Waals surface area contributed by atoms with Crippen LogP contribution in [-0.4, -0.2) is 45.2 Å². The number of anilines is 1. The van der Waals surface area contributed by atoms with E-state index in [2.05, 4.69) is 4.98 Å². The van der Waals surface area contributed by atoms with Crippen molar-refractivity contribution in [1.82, 2.24) is 4.98 Å². The van der Waals surface area contributed by atoms with Gasteiger partial charge in [0.25, 0.3) is 0 Å². The molecule has 0 unspecified atom stereocenters. The molecule has 2 aromatic carbocycles. The van der Waals surface area contributed by atoms with E-state index in [0.717, 1.165) is 23.0 Å². The quantitative estimate of drug-likeness (QED) is 0.655. The number of nitrogens with one attached hydrogen (secondary N) is 1. The van der Waals surface area contributed by atoms with Gasteiger partial charge in [-0.3, -0.25) is 9.69 Å². The van der Waals surface area contributed by atoms with Gasteiger partial charge in [-0.1, -0.05) is 23.5 Å². The second kappa shape index (κ2) is 8.62. The SMILES string of the molecule is COc1ccc(CC(=O)N(CC[NH+](C)C)c2nc3c(F)cc(F)cc3s2)cc1. The first-order chi connectivity index (χ1) is 13.4. The van der Waals surface area contributed by atoms with E-state index >= 15 is 0 Å². The van der Waals surface area contributed by atoms with Gasteiger partial charge in [-0.15, -0.1) is 0 Å². The number of ether oxygens (including phenoxy) is 1. The van der Waals surface area contributed by atoms with E-state index in [1.165, 1.54) is 11.0 Å². The first kappa shape index (κ1) is 20.2. The van der Waals surface area contributed by atoms with E-state index in [1.54, 1.807) is 24.1 Å². The Morgan fingerprint density at radius 1 is 1.21 bits per heavy atom. The van der Waals surface area contributed by atoms with E-state index in [-0.39, 0.29) is 17.8 Å². The van der Waals surface area contributed by atoms with Gasteiger partial charge in [0.05, 0.1) is 45.4 Å². The van der Waals surface area contributed by atoms with Crippen LogP contribution in [0.15, 0.2) is 36.4 Å². The topological polar surface area (TPSA) is 46.9 Å². The van der Waals surface area contributed by atoms with Crippen molar-refractivity contribution in [2.24, 2.45) is 0 Å². The van der Waals surface area contributed by atoms with Gasteiger partial charge in [0.1, 0.15) is 17.1 Å². The number of carbonyl (C=O) groups excluding carboxylic acids is 1. The van der Waals surface area contributed by atoms with Crippen molar-refractivity contribution >= 4 is 32.6 Å². The largest absolute Gasteiger partial charge is 0.497 e. The van der Waals surface area contributed by atoms with Crippen molar-refractivity contribution in [2.75, 3.05) is 39.2 Å². The Kier molecular flexibility index (Phi) is 6.21. The summed E-state index contributed by atoms with van der Waals surface area (Å²) in [6.07, 6.45) is 0.180. The van der Waals surface area contributed by atoms with Gasteiger partial charge in [-0.25, -0.2) is 13.8 Å². The van der Waals surface area contributed by atoms with Crippen LogP contribution in [0.3, 0.4) is 0 Å². The number of rotatable bonds is 7. The summed E-state index contributed by atoms with van der Waals surface area (Å²) < 4.78 is 33.1. The molecule has 8 heteroatoms. The molecule has 0 aliphatic rings. The van der Waals surface area contributed by atoms with Gasteiger partial charge in [-0.05, 0) is 23.8 Å². The predicted octanol–water partition coefficient (Wildman–Crippen LogP) is 2.30. The Bertz CT molecular complexity index is 973. The van der Waals surface area contributed by atoms with Gasteiger partial charge in [0.15, 0.2) is 10.9 Å². The molecule has 0 bridgehead atoms. The third-order valence-electron chi connectivity index (χ3n) is 4.28. The highest BCUT2D eigenvalue weighted by atomic mass is 32.1. The van der Waals surface area contributed by atoms with Crippen LogP contribution in [-0.2, 0) is 11.2 Å². The molecule has 5 nitrogen and oxygen atoms in total. The smallest absolute Gasteiger partial charge is 0.233 e. The molecule has 148 valence electrons. The standard InChI is InChI=1S/C20H21F2N3O2S/c1-24(2)8-9-25(18(26)10-13-4-6-15(27-3)7-5-13)20-23-19-16(22)11-14(21)12-17(19)28-20/h4-7,11-12H,8-10H2,1-3H3/p+1. The van der Waals surface area contributed by atoms with E-state index in [1.807, 2.05) is 26.2 Å². The Morgan fingerprint density at radius 2 is 1.93 bits per heavy atom. The lowest BCUT2D eigenvalue weighted by Crippen LogP contribution is -3.06. The fourth-order valence-corrected chi connectivity index (χ4v) is 3.79. The number of amides is 1. The second-order valence-electron chi connectivity index (χ2n) is 6.76. The second-order valence-corrected chi connectivity index (χ2v) is 7.77. The van der Waals surface area contributed by atoms with E-state index in [4.69, 9.17) is 4.74 Å². The maximum Gasteiger partial charge on any atom is 0.233 e. The fraction of sp³-hybridized carbons (Fsp3) is 0.300. The molecule has 0 aliphatic heterocycles. The first-order valence-electron chi connectivity index (χ1n) is 8.85. The summed E-state index contributed by atoms with van der Waals surface area (Å²) in [6.45, 7) is 1.13. The van der Waals surface area contributed by atoms with Gasteiger partial charge >= 0.3 is 0 Å². The van der Waals surface area contributed by atoms with Crippen LogP contribution in [0.4, 0.5) is 13.9 Å². The Morgan fingerprint density at radius 3 is 2.57 bits per heavy atom. The van der Waals surface area contributed by atoms with Crippen LogP contribution in [0, 0.1) is 11.6 Å². The number of benzene rings is 2. The molecule has 0 fully saturated rings. The minimum absolute atomic E-state index is 0.0841. The number of hydrogen-bond donors (Lipinski definition) is 1. The van der Waals surface area contributed by atoms with E-state index in [0.29, 0.717) is 28.7 Å². The van der Waals surface area contributed by atoms with Crippen molar-refractivity contribution < 1.29 is 23.2 Å². The maximum absolute atomic E-state index is 14.0. The van der Waals surface area contributed by atoms with Crippen molar-refractivity contribution in [3.05, 3.63) is 53.6 Å². The average molecular weight is 406 g/mol. The molecule has 1 aromatic heterocycles. The third-order valence-corrected chi connectivity index (χ3v) is 5.31. The van der Waals surface area contributed by atoms with Crippen molar-refractivity contribution in [3.8, 4) is 5.75 Å². The molecule has 0 radical (unpaired) electrons. The van der Waals surface area contributed by atoms with Crippen LogP contribution in [0.1, 0.15) is 5.56 Å². The number of hydrogen-bond acceptors (Lipinski definition) is 4. The van der Waals surface area contributed by atoms with Crippen LogP contribution >= 0.6 is 11.3 Å². The van der Waals surface area contributed by atoms with Crippen LogP contribution in [0.5, 0.6) is 5.75 Å². The van der Waals surface area contributed by atoms with Crippen molar-refractivity contribution in [1.29, 1.82) is 0 Å². The first-order valence-corrected chi connectivity index (χ1v) is 9.67. The summed E-state index contributed by atoms with van der Waals surface area (Å²) in [5, 5.41) is 0.374. The molecular formula is C20H22F2N3O2S+. The lowest BCUT2D eigenvalue weighted by molar-refractivity contribution is -0.856. The van der Waals surface area contributed by atoms with Crippen LogP contribution < -0.4 is 14.5 Å². The molecule has 0 saturated carbocycles. The summed E-state index contributed by atoms with van der Waals surface area (Å²) in [6, 6.07) is 9.31. The molecule has 3 rings (SSSR count). The third kappa shape index (κ3) is 4.63. The minimum atomic E-state index is -0.724. The highest BCUT2D eigenvalue weighted by Crippen LogP contribution is 2.31. The zero-order valence-electron chi connectivity index (χ0n) is 16.0. The molecule has 28 heavy (non-hydrogen) atoms. The molecule has 1 amide bonds. The van der Waals surface area contributed by atoms with Gasteiger partial charge in [-0.2, -0.15) is 0 Å². The summed E-state index contributed by atoms with van der Waals surface area (Å²) in [4.78, 5) is 20.0. The van der Waals surface area contributed by atoms with E-state index in [9.17, 15) is 13.6 Å². The maximum atomic E-state index is 14.0. The number of fused-ring (bicyclic) bond motifs is 1. The Labute approximate surface area is 166 Å². The summed E-state index contributed by atoms with van der Waals surface area (Å²) >= 11 is 1.12. The Balaban J connectivity index is 1.89. The summed E-state index contributed by atoms with van der Waals surface area (Å²) in [5.74, 6) is -0.813. The highest BCUT2D eigenvalue weighted by molar-refractivity contribution is 7.22. The number of quaternary nitrogens is 1. The van der Waals surface area contributed by atoms with Gasteiger partial charge in [0.2, 0.25) is 5.91 Å². The molecule has 1 N–H and O–H groups in total.